The molecule has 5 atom stereocenters. The van der Waals surface area contributed by atoms with E-state index in [0.717, 1.165) is 79.1 Å². The second-order valence-electron chi connectivity index (χ2n) is 16.7. The number of methoxy groups -OCH3 is 1. The molecular weight excluding hydrogens is 683 g/mol. The Labute approximate surface area is 316 Å². The van der Waals surface area contributed by atoms with Crippen molar-refractivity contribution in [3.8, 4) is 33.6 Å². The van der Waals surface area contributed by atoms with Crippen LogP contribution in [0.2, 0.25) is 0 Å². The Morgan fingerprint density at radius 3 is 2.13 bits per heavy atom. The maximum atomic E-state index is 13.6. The molecule has 2 aromatic heterocycles. The van der Waals surface area contributed by atoms with Gasteiger partial charge in [-0.25, -0.2) is 19.6 Å². The molecule has 12 nitrogen and oxygen atoms in total. The number of nitrogens with zero attached hydrogens (tertiary/aromatic N) is 4. The number of fused-ring (bicyclic) bond motifs is 5. The summed E-state index contributed by atoms with van der Waals surface area (Å²) in [7, 11) is 1.30. The van der Waals surface area contributed by atoms with E-state index in [2.05, 4.69) is 51.7 Å². The standard InChI is InChI=1S/C42H51N7O5/c1-23(2)35(47-40(51)53-6)39(50)48-17-7-8-34(48)37-43-21-32(45-37)26-12-15-30-24(18-26)9-10-25-19-27(13-16-31(25)30)33-22-44-38(46-33)36-28-11-14-29(20-28)49(36)41(52)54-42(3,4)5/h12-13,15-16,18-19,21-23,28-29,34-36H,7-11,14,17,20H2,1-6H3,(H,43,45)(H,44,46)(H,47,51)/t28-,29-,34+,35+,36+/m1/s1. The number of alkyl carbamates (subject to hydrolysis) is 1. The van der Waals surface area contributed by atoms with Crippen LogP contribution in [0.25, 0.3) is 33.6 Å². The van der Waals surface area contributed by atoms with Gasteiger partial charge in [-0.2, -0.15) is 0 Å². The molecule has 2 saturated heterocycles. The number of hydrogen-bond acceptors (Lipinski definition) is 7. The number of carbonyl (C=O) groups is 3. The lowest BCUT2D eigenvalue weighted by Gasteiger charge is -2.35. The summed E-state index contributed by atoms with van der Waals surface area (Å²) in [4.78, 5) is 59.3. The second-order valence-corrected chi connectivity index (χ2v) is 16.7. The Morgan fingerprint density at radius 2 is 1.52 bits per heavy atom. The van der Waals surface area contributed by atoms with Gasteiger partial charge in [0.1, 0.15) is 23.3 Å². The molecule has 0 unspecified atom stereocenters. The molecule has 3 amide bonds. The van der Waals surface area contributed by atoms with E-state index in [9.17, 15) is 14.4 Å². The summed E-state index contributed by atoms with van der Waals surface area (Å²) in [5, 5.41) is 2.72. The quantitative estimate of drug-likeness (QED) is 0.176. The highest BCUT2D eigenvalue weighted by Gasteiger charge is 2.51. The molecule has 12 heteroatoms. The van der Waals surface area contributed by atoms with Crippen LogP contribution in [-0.2, 0) is 27.1 Å². The first-order valence-corrected chi connectivity index (χ1v) is 19.4. The summed E-state index contributed by atoms with van der Waals surface area (Å²) < 4.78 is 10.6. The summed E-state index contributed by atoms with van der Waals surface area (Å²) in [6.45, 7) is 10.2. The zero-order valence-corrected chi connectivity index (χ0v) is 32.1. The molecule has 2 bridgehead atoms. The fraction of sp³-hybridized carbons (Fsp3) is 0.500. The van der Waals surface area contributed by atoms with Gasteiger partial charge in [0.05, 0.1) is 43.0 Å². The molecule has 2 aliphatic heterocycles. The second kappa shape index (κ2) is 13.9. The third kappa shape index (κ3) is 6.64. The number of H-pyrrole nitrogens is 2. The molecule has 1 saturated carbocycles. The van der Waals surface area contributed by atoms with Crippen LogP contribution in [0.15, 0.2) is 48.8 Å². The summed E-state index contributed by atoms with van der Waals surface area (Å²) in [6.07, 6.45) is 9.52. The van der Waals surface area contributed by atoms with Crippen molar-refractivity contribution in [1.82, 2.24) is 35.1 Å². The zero-order valence-electron chi connectivity index (χ0n) is 32.1. The van der Waals surface area contributed by atoms with Gasteiger partial charge in [-0.1, -0.05) is 38.1 Å². The lowest BCUT2D eigenvalue weighted by molar-refractivity contribution is -0.135. The van der Waals surface area contributed by atoms with Gasteiger partial charge in [-0.15, -0.1) is 0 Å². The summed E-state index contributed by atoms with van der Waals surface area (Å²) in [6, 6.07) is 12.5. The Morgan fingerprint density at radius 1 is 0.889 bits per heavy atom. The van der Waals surface area contributed by atoms with Crippen molar-refractivity contribution in [3.63, 3.8) is 0 Å². The SMILES string of the molecule is COC(=O)N[C@H](C(=O)N1CCC[C@H]1c1ncc(-c2ccc3c(c2)CCc2cc(-c4cnc([C@@H]5[C@@H]6CC[C@H](C6)N5C(=O)OC(C)(C)C)[nH]4)ccc2-3)[nH]1)C(C)C. The van der Waals surface area contributed by atoms with E-state index in [-0.39, 0.29) is 36.0 Å². The van der Waals surface area contributed by atoms with Crippen molar-refractivity contribution in [3.05, 3.63) is 71.6 Å². The minimum absolute atomic E-state index is 0.0917. The molecule has 0 radical (unpaired) electrons. The number of aromatic nitrogens is 4. The molecule has 4 heterocycles. The van der Waals surface area contributed by atoms with Gasteiger partial charge in [0.15, 0.2) is 0 Å². The van der Waals surface area contributed by atoms with Crippen molar-refractivity contribution in [1.29, 1.82) is 0 Å². The molecule has 2 aromatic carbocycles. The van der Waals surface area contributed by atoms with E-state index >= 15 is 0 Å². The van der Waals surface area contributed by atoms with E-state index in [4.69, 9.17) is 19.4 Å². The van der Waals surface area contributed by atoms with Crippen LogP contribution >= 0.6 is 0 Å². The van der Waals surface area contributed by atoms with Crippen LogP contribution in [0.1, 0.15) is 102 Å². The third-order valence-electron chi connectivity index (χ3n) is 11.7. The van der Waals surface area contributed by atoms with Gasteiger partial charge in [0.2, 0.25) is 5.91 Å². The Bertz CT molecular complexity index is 2080. The molecular formula is C42H51N7O5. The van der Waals surface area contributed by atoms with Gasteiger partial charge >= 0.3 is 12.2 Å². The van der Waals surface area contributed by atoms with E-state index in [1.165, 1.54) is 29.4 Å². The number of piperidine rings is 1. The molecule has 3 fully saturated rings. The Hall–Kier alpha value is -5.13. The minimum atomic E-state index is -0.673. The van der Waals surface area contributed by atoms with Crippen LogP contribution in [0.5, 0.6) is 0 Å². The molecule has 4 aromatic rings. The van der Waals surface area contributed by atoms with Gasteiger partial charge in [0.25, 0.3) is 0 Å². The van der Waals surface area contributed by atoms with Crippen molar-refractivity contribution in [2.45, 2.75) is 109 Å². The van der Waals surface area contributed by atoms with Gasteiger partial charge in [-0.3, -0.25) is 9.69 Å². The number of benzene rings is 2. The number of hydrogen-bond donors (Lipinski definition) is 3. The smallest absolute Gasteiger partial charge is 0.411 e. The maximum Gasteiger partial charge on any atom is 0.411 e. The minimum Gasteiger partial charge on any atom is -0.453 e. The average Bonchev–Trinajstić information content (AvgIpc) is 4.00. The van der Waals surface area contributed by atoms with Crippen LogP contribution in [-0.4, -0.2) is 79.2 Å². The number of ether oxygens (including phenoxy) is 2. The highest BCUT2D eigenvalue weighted by molar-refractivity contribution is 5.86. The number of aryl methyl sites for hydroxylation is 2. The van der Waals surface area contributed by atoms with Crippen molar-refractivity contribution in [2.24, 2.45) is 11.8 Å². The van der Waals surface area contributed by atoms with E-state index < -0.39 is 17.7 Å². The molecule has 0 spiro atoms. The number of rotatable bonds is 7. The predicted octanol–water partition coefficient (Wildman–Crippen LogP) is 7.74. The topological polar surface area (TPSA) is 146 Å². The molecule has 54 heavy (non-hydrogen) atoms. The van der Waals surface area contributed by atoms with Crippen molar-refractivity contribution >= 4 is 18.1 Å². The van der Waals surface area contributed by atoms with Crippen LogP contribution in [0.3, 0.4) is 0 Å². The van der Waals surface area contributed by atoms with Gasteiger partial charge < -0.3 is 29.7 Å². The molecule has 4 aliphatic rings. The third-order valence-corrected chi connectivity index (χ3v) is 11.7. The van der Waals surface area contributed by atoms with E-state index in [0.29, 0.717) is 12.5 Å². The summed E-state index contributed by atoms with van der Waals surface area (Å²) in [5.74, 6) is 1.77. The lowest BCUT2D eigenvalue weighted by Crippen LogP contribution is -2.51. The molecule has 284 valence electrons. The van der Waals surface area contributed by atoms with Crippen molar-refractivity contribution in [2.75, 3.05) is 13.7 Å². The summed E-state index contributed by atoms with van der Waals surface area (Å²) >= 11 is 0. The maximum absolute atomic E-state index is 13.6. The van der Waals surface area contributed by atoms with Crippen LogP contribution < -0.4 is 5.32 Å². The number of aromatic amines is 2. The molecule has 2 aliphatic carbocycles. The fourth-order valence-corrected chi connectivity index (χ4v) is 9.13. The highest BCUT2D eigenvalue weighted by Crippen LogP contribution is 2.50. The van der Waals surface area contributed by atoms with Crippen LogP contribution in [0.4, 0.5) is 9.59 Å². The summed E-state index contributed by atoms with van der Waals surface area (Å²) in [5.41, 5.74) is 8.53. The van der Waals surface area contributed by atoms with E-state index in [1.807, 2.05) is 56.8 Å². The van der Waals surface area contributed by atoms with Gasteiger partial charge in [0, 0.05) is 12.6 Å². The Balaban J connectivity index is 0.984. The first-order valence-electron chi connectivity index (χ1n) is 19.4. The molecule has 8 rings (SSSR count). The number of nitrogens with one attached hydrogen (secondary N) is 3. The predicted molar refractivity (Wildman–Crippen MR) is 204 cm³/mol. The monoisotopic (exact) mass is 733 g/mol. The largest absolute Gasteiger partial charge is 0.453 e. The first kappa shape index (κ1) is 35.9. The first-order chi connectivity index (χ1) is 25.9. The van der Waals surface area contributed by atoms with E-state index in [1.54, 1.807) is 0 Å². The lowest BCUT2D eigenvalue weighted by atomic mass is 9.83. The van der Waals surface area contributed by atoms with Crippen molar-refractivity contribution < 1.29 is 23.9 Å². The molecule has 3 N–H and O–H groups in total. The fourth-order valence-electron chi connectivity index (χ4n) is 9.13. The Kier molecular flexibility index (Phi) is 9.26. The number of carbonyl (C=O) groups excluding carboxylic acids is 3. The normalized spacial score (nSPS) is 22.3. The van der Waals surface area contributed by atoms with Gasteiger partial charge in [-0.05, 0) is 123 Å². The average molecular weight is 734 g/mol. The van der Waals surface area contributed by atoms with Crippen LogP contribution in [0, 0.1) is 11.8 Å². The highest BCUT2D eigenvalue weighted by atomic mass is 16.6. The zero-order chi connectivity index (χ0) is 37.9. The number of imidazole rings is 2. The number of amides is 3. The number of likely N-dealkylation sites (tertiary alicyclic amines) is 2.